The van der Waals surface area contributed by atoms with Gasteiger partial charge in [0.15, 0.2) is 0 Å². The van der Waals surface area contributed by atoms with Crippen molar-refractivity contribution >= 4 is 5.91 Å². The van der Waals surface area contributed by atoms with Gasteiger partial charge in [0.1, 0.15) is 5.75 Å². The normalized spacial score (nSPS) is 15.3. The van der Waals surface area contributed by atoms with Gasteiger partial charge in [0.2, 0.25) is 5.91 Å². The number of H-pyrrole nitrogens is 1. The molecule has 1 saturated heterocycles. The SMILES string of the molecule is COCCC(=O)N1CCC(COc2ccc(-c3ccn[nH]3)nc2)CC1. The Morgan fingerprint density at radius 1 is 1.32 bits per heavy atom. The zero-order valence-corrected chi connectivity index (χ0v) is 14.5. The number of methoxy groups -OCH3 is 1. The molecule has 2 aromatic rings. The molecule has 2 aromatic heterocycles. The number of hydrogen-bond donors (Lipinski definition) is 1. The number of ether oxygens (including phenoxy) is 2. The Balaban J connectivity index is 1.42. The molecule has 7 nitrogen and oxygen atoms in total. The molecule has 134 valence electrons. The van der Waals surface area contributed by atoms with E-state index in [1.165, 1.54) is 0 Å². The van der Waals surface area contributed by atoms with Crippen LogP contribution in [0, 0.1) is 5.92 Å². The van der Waals surface area contributed by atoms with Crippen LogP contribution in [0.4, 0.5) is 0 Å². The molecule has 0 bridgehead atoms. The summed E-state index contributed by atoms with van der Waals surface area (Å²) in [4.78, 5) is 18.3. The number of nitrogens with zero attached hydrogens (tertiary/aromatic N) is 3. The van der Waals surface area contributed by atoms with E-state index < -0.39 is 0 Å². The molecule has 1 aliphatic heterocycles. The highest BCUT2D eigenvalue weighted by Crippen LogP contribution is 2.21. The third-order valence-corrected chi connectivity index (χ3v) is 4.49. The smallest absolute Gasteiger partial charge is 0.224 e. The second-order valence-electron chi connectivity index (χ2n) is 6.23. The van der Waals surface area contributed by atoms with Crippen LogP contribution in [0.3, 0.4) is 0 Å². The van der Waals surface area contributed by atoms with E-state index in [4.69, 9.17) is 9.47 Å². The molecule has 0 saturated carbocycles. The summed E-state index contributed by atoms with van der Waals surface area (Å²) >= 11 is 0. The number of amides is 1. The fraction of sp³-hybridized carbons (Fsp3) is 0.500. The summed E-state index contributed by atoms with van der Waals surface area (Å²) < 4.78 is 10.8. The Morgan fingerprint density at radius 3 is 2.80 bits per heavy atom. The van der Waals surface area contributed by atoms with Crippen LogP contribution in [-0.4, -0.2) is 59.4 Å². The van der Waals surface area contributed by atoms with Crippen LogP contribution in [0.1, 0.15) is 19.3 Å². The number of likely N-dealkylation sites (tertiary alicyclic amines) is 1. The standard InChI is InChI=1S/C18H24N4O3/c1-24-11-7-18(23)22-9-5-14(6-10-22)13-25-15-2-3-16(19-12-15)17-4-8-20-21-17/h2-4,8,12,14H,5-7,9-11,13H2,1H3,(H,20,21). The van der Waals surface area contributed by atoms with Gasteiger partial charge < -0.3 is 14.4 Å². The third kappa shape index (κ3) is 4.79. The highest BCUT2D eigenvalue weighted by molar-refractivity contribution is 5.76. The maximum absolute atomic E-state index is 12.0. The number of pyridine rings is 1. The van der Waals surface area contributed by atoms with Crippen LogP contribution in [0.2, 0.25) is 0 Å². The molecule has 3 heterocycles. The lowest BCUT2D eigenvalue weighted by atomic mass is 9.97. The van der Waals surface area contributed by atoms with E-state index in [0.717, 1.165) is 43.1 Å². The van der Waals surface area contributed by atoms with Gasteiger partial charge >= 0.3 is 0 Å². The second kappa shape index (κ2) is 8.62. The summed E-state index contributed by atoms with van der Waals surface area (Å²) in [7, 11) is 1.62. The summed E-state index contributed by atoms with van der Waals surface area (Å²) in [6, 6.07) is 5.72. The van der Waals surface area contributed by atoms with Crippen LogP contribution in [-0.2, 0) is 9.53 Å². The minimum absolute atomic E-state index is 0.180. The van der Waals surface area contributed by atoms with E-state index in [-0.39, 0.29) is 5.91 Å². The quantitative estimate of drug-likeness (QED) is 0.832. The molecule has 0 aliphatic carbocycles. The number of carbonyl (C=O) groups excluding carboxylic acids is 1. The number of rotatable bonds is 7. The summed E-state index contributed by atoms with van der Waals surface area (Å²) in [5.74, 6) is 1.42. The number of hydrogen-bond acceptors (Lipinski definition) is 5. The zero-order valence-electron chi connectivity index (χ0n) is 14.5. The summed E-state index contributed by atoms with van der Waals surface area (Å²) in [5.41, 5.74) is 1.73. The van der Waals surface area contributed by atoms with Crippen molar-refractivity contribution < 1.29 is 14.3 Å². The van der Waals surface area contributed by atoms with Gasteiger partial charge in [0, 0.05) is 26.4 Å². The van der Waals surface area contributed by atoms with Crippen molar-refractivity contribution in [2.75, 3.05) is 33.4 Å². The molecular weight excluding hydrogens is 320 g/mol. The van der Waals surface area contributed by atoms with Crippen LogP contribution in [0.15, 0.2) is 30.6 Å². The van der Waals surface area contributed by atoms with Gasteiger partial charge in [-0.05, 0) is 37.0 Å². The maximum atomic E-state index is 12.0. The largest absolute Gasteiger partial charge is 0.492 e. The lowest BCUT2D eigenvalue weighted by Gasteiger charge is -2.32. The zero-order chi connectivity index (χ0) is 17.5. The average Bonchev–Trinajstić information content (AvgIpc) is 3.20. The highest BCUT2D eigenvalue weighted by Gasteiger charge is 2.22. The Kier molecular flexibility index (Phi) is 6.00. The van der Waals surface area contributed by atoms with Crippen molar-refractivity contribution in [1.29, 1.82) is 0 Å². The molecule has 0 radical (unpaired) electrons. The monoisotopic (exact) mass is 344 g/mol. The third-order valence-electron chi connectivity index (χ3n) is 4.49. The van der Waals surface area contributed by atoms with Gasteiger partial charge in [-0.3, -0.25) is 14.9 Å². The molecule has 0 atom stereocenters. The fourth-order valence-corrected chi connectivity index (χ4v) is 2.93. The molecule has 0 unspecified atom stereocenters. The minimum Gasteiger partial charge on any atom is -0.492 e. The highest BCUT2D eigenvalue weighted by atomic mass is 16.5. The van der Waals surface area contributed by atoms with Gasteiger partial charge in [0.25, 0.3) is 0 Å². The summed E-state index contributed by atoms with van der Waals surface area (Å²) in [5, 5.41) is 6.81. The molecule has 0 aromatic carbocycles. The Bertz CT molecular complexity index is 649. The van der Waals surface area contributed by atoms with E-state index in [1.807, 2.05) is 23.1 Å². The maximum Gasteiger partial charge on any atom is 0.224 e. The first-order valence-corrected chi connectivity index (χ1v) is 8.61. The minimum atomic E-state index is 0.180. The van der Waals surface area contributed by atoms with Gasteiger partial charge in [-0.1, -0.05) is 0 Å². The molecule has 0 spiro atoms. The van der Waals surface area contributed by atoms with Gasteiger partial charge in [-0.2, -0.15) is 5.10 Å². The van der Waals surface area contributed by atoms with Crippen molar-refractivity contribution in [1.82, 2.24) is 20.1 Å². The van der Waals surface area contributed by atoms with Gasteiger partial charge in [-0.25, -0.2) is 0 Å². The second-order valence-corrected chi connectivity index (χ2v) is 6.23. The molecular formula is C18H24N4O3. The Labute approximate surface area is 147 Å². The van der Waals surface area contributed by atoms with E-state index in [1.54, 1.807) is 19.5 Å². The summed E-state index contributed by atoms with van der Waals surface area (Å²) in [6.07, 6.45) is 5.84. The predicted octanol–water partition coefficient (Wildman–Crippen LogP) is 2.13. The van der Waals surface area contributed by atoms with E-state index >= 15 is 0 Å². The van der Waals surface area contributed by atoms with Gasteiger partial charge in [-0.15, -0.1) is 0 Å². The molecule has 1 amide bonds. The van der Waals surface area contributed by atoms with E-state index in [9.17, 15) is 4.79 Å². The molecule has 3 rings (SSSR count). The van der Waals surface area contributed by atoms with Crippen molar-refractivity contribution in [3.8, 4) is 17.1 Å². The molecule has 1 fully saturated rings. The first kappa shape index (κ1) is 17.4. The van der Waals surface area contributed by atoms with Crippen molar-refractivity contribution in [2.45, 2.75) is 19.3 Å². The summed E-state index contributed by atoms with van der Waals surface area (Å²) in [6.45, 7) is 2.75. The van der Waals surface area contributed by atoms with Crippen molar-refractivity contribution in [2.24, 2.45) is 5.92 Å². The van der Waals surface area contributed by atoms with Crippen LogP contribution >= 0.6 is 0 Å². The number of aromatic nitrogens is 3. The lowest BCUT2D eigenvalue weighted by Crippen LogP contribution is -2.40. The van der Waals surface area contributed by atoms with Gasteiger partial charge in [0.05, 0.1) is 37.2 Å². The molecule has 1 aliphatic rings. The molecule has 7 heteroatoms. The topological polar surface area (TPSA) is 80.3 Å². The van der Waals surface area contributed by atoms with Crippen molar-refractivity contribution in [3.05, 3.63) is 30.6 Å². The average molecular weight is 344 g/mol. The van der Waals surface area contributed by atoms with Crippen LogP contribution < -0.4 is 4.74 Å². The van der Waals surface area contributed by atoms with Crippen LogP contribution in [0.5, 0.6) is 5.75 Å². The fourth-order valence-electron chi connectivity index (χ4n) is 2.93. The Hall–Kier alpha value is -2.41. The first-order valence-electron chi connectivity index (χ1n) is 8.61. The van der Waals surface area contributed by atoms with Crippen LogP contribution in [0.25, 0.3) is 11.4 Å². The van der Waals surface area contributed by atoms with E-state index in [0.29, 0.717) is 25.6 Å². The number of carbonyl (C=O) groups is 1. The van der Waals surface area contributed by atoms with E-state index in [2.05, 4.69) is 15.2 Å². The Morgan fingerprint density at radius 2 is 2.16 bits per heavy atom. The first-order chi connectivity index (χ1) is 12.3. The molecule has 25 heavy (non-hydrogen) atoms. The molecule has 1 N–H and O–H groups in total. The number of aromatic amines is 1. The number of nitrogens with one attached hydrogen (secondary N) is 1. The predicted molar refractivity (Wildman–Crippen MR) is 93.1 cm³/mol. The van der Waals surface area contributed by atoms with Crippen molar-refractivity contribution in [3.63, 3.8) is 0 Å². The number of piperidine rings is 1. The lowest BCUT2D eigenvalue weighted by molar-refractivity contribution is -0.133.